The van der Waals surface area contributed by atoms with Gasteiger partial charge in [0, 0.05) is 13.6 Å². The van der Waals surface area contributed by atoms with Crippen molar-refractivity contribution >= 4 is 5.96 Å². The molecule has 0 unspecified atom stereocenters. The van der Waals surface area contributed by atoms with Crippen LogP contribution >= 0.6 is 0 Å². The lowest BCUT2D eigenvalue weighted by Crippen LogP contribution is -2.39. The molecule has 0 spiro atoms. The number of ether oxygens (including phenoxy) is 1. The van der Waals surface area contributed by atoms with Crippen molar-refractivity contribution in [2.75, 3.05) is 26.7 Å². The zero-order valence-corrected chi connectivity index (χ0v) is 12.2. The monoisotopic (exact) mass is 263 g/mol. The van der Waals surface area contributed by atoms with Gasteiger partial charge in [-0.15, -0.1) is 0 Å². The third-order valence-corrected chi connectivity index (χ3v) is 2.70. The molecule has 106 valence electrons. The Morgan fingerprint density at radius 3 is 2.74 bits per heavy atom. The van der Waals surface area contributed by atoms with Gasteiger partial charge in [0.1, 0.15) is 12.4 Å². The van der Waals surface area contributed by atoms with Crippen LogP contribution in [0.1, 0.15) is 25.3 Å². The summed E-state index contributed by atoms with van der Waals surface area (Å²) in [5.74, 6) is 1.75. The third-order valence-electron chi connectivity index (χ3n) is 2.70. The molecule has 0 aromatic heterocycles. The quantitative estimate of drug-likeness (QED) is 0.451. The normalized spacial score (nSPS) is 11.2. The van der Waals surface area contributed by atoms with Gasteiger partial charge in [-0.2, -0.15) is 0 Å². The molecule has 19 heavy (non-hydrogen) atoms. The van der Waals surface area contributed by atoms with E-state index >= 15 is 0 Å². The molecular weight excluding hydrogens is 238 g/mol. The maximum Gasteiger partial charge on any atom is 0.191 e. The SMILES string of the molecule is CCCCNC(=NC)NCCOc1cccc(C)c1. The molecule has 1 aromatic rings. The first-order chi connectivity index (χ1) is 9.26. The third kappa shape index (κ3) is 6.70. The first kappa shape index (κ1) is 15.3. The molecule has 0 aliphatic carbocycles. The Labute approximate surface area is 116 Å². The molecule has 0 bridgehead atoms. The Bertz CT molecular complexity index is 391. The summed E-state index contributed by atoms with van der Waals surface area (Å²) in [7, 11) is 1.78. The fraction of sp³-hybridized carbons (Fsp3) is 0.533. The zero-order valence-electron chi connectivity index (χ0n) is 12.2. The van der Waals surface area contributed by atoms with Crippen LogP contribution in [0.5, 0.6) is 5.75 Å². The van der Waals surface area contributed by atoms with Crippen LogP contribution in [0.25, 0.3) is 0 Å². The lowest BCUT2D eigenvalue weighted by molar-refractivity contribution is 0.321. The van der Waals surface area contributed by atoms with Crippen LogP contribution in [0.3, 0.4) is 0 Å². The second-order valence-electron chi connectivity index (χ2n) is 4.44. The van der Waals surface area contributed by atoms with Crippen molar-refractivity contribution in [2.24, 2.45) is 4.99 Å². The van der Waals surface area contributed by atoms with Crippen molar-refractivity contribution in [1.29, 1.82) is 0 Å². The summed E-state index contributed by atoms with van der Waals surface area (Å²) in [6.45, 7) is 6.55. The molecule has 1 rings (SSSR count). The molecule has 2 N–H and O–H groups in total. The lowest BCUT2D eigenvalue weighted by atomic mass is 10.2. The van der Waals surface area contributed by atoms with Crippen LogP contribution in [0.4, 0.5) is 0 Å². The average molecular weight is 263 g/mol. The highest BCUT2D eigenvalue weighted by molar-refractivity contribution is 5.79. The van der Waals surface area contributed by atoms with Gasteiger partial charge in [0.15, 0.2) is 5.96 Å². The van der Waals surface area contributed by atoms with Crippen molar-refractivity contribution < 1.29 is 4.74 Å². The smallest absolute Gasteiger partial charge is 0.191 e. The van der Waals surface area contributed by atoms with E-state index in [9.17, 15) is 0 Å². The van der Waals surface area contributed by atoms with Crippen molar-refractivity contribution in [3.05, 3.63) is 29.8 Å². The standard InChI is InChI=1S/C15H25N3O/c1-4-5-9-17-15(16-3)18-10-11-19-14-8-6-7-13(2)12-14/h6-8,12H,4-5,9-11H2,1-3H3,(H2,16,17,18). The number of hydrogen-bond acceptors (Lipinski definition) is 2. The Morgan fingerprint density at radius 1 is 1.26 bits per heavy atom. The van der Waals surface area contributed by atoms with Gasteiger partial charge in [-0.05, 0) is 31.0 Å². The Balaban J connectivity index is 2.18. The zero-order chi connectivity index (χ0) is 13.9. The average Bonchev–Trinajstić information content (AvgIpc) is 2.41. The molecule has 0 amide bonds. The fourth-order valence-electron chi connectivity index (χ4n) is 1.65. The Morgan fingerprint density at radius 2 is 2.05 bits per heavy atom. The van der Waals surface area contributed by atoms with Gasteiger partial charge in [-0.25, -0.2) is 0 Å². The fourth-order valence-corrected chi connectivity index (χ4v) is 1.65. The van der Waals surface area contributed by atoms with Gasteiger partial charge >= 0.3 is 0 Å². The van der Waals surface area contributed by atoms with Crippen LogP contribution in [0.15, 0.2) is 29.3 Å². The van der Waals surface area contributed by atoms with E-state index in [1.54, 1.807) is 7.05 Å². The van der Waals surface area contributed by atoms with Gasteiger partial charge in [-0.1, -0.05) is 25.5 Å². The summed E-state index contributed by atoms with van der Waals surface area (Å²) in [6, 6.07) is 8.07. The van der Waals surface area contributed by atoms with Crippen LogP contribution < -0.4 is 15.4 Å². The number of aryl methyl sites for hydroxylation is 1. The van der Waals surface area contributed by atoms with E-state index in [1.165, 1.54) is 12.0 Å². The van der Waals surface area contributed by atoms with E-state index in [4.69, 9.17) is 4.74 Å². The van der Waals surface area contributed by atoms with Crippen molar-refractivity contribution in [3.63, 3.8) is 0 Å². The second-order valence-corrected chi connectivity index (χ2v) is 4.44. The van der Waals surface area contributed by atoms with E-state index < -0.39 is 0 Å². The van der Waals surface area contributed by atoms with Gasteiger partial charge in [0.2, 0.25) is 0 Å². The second kappa shape index (κ2) is 9.25. The van der Waals surface area contributed by atoms with Crippen LogP contribution in [-0.4, -0.2) is 32.7 Å². The number of rotatable bonds is 7. The summed E-state index contributed by atoms with van der Waals surface area (Å²) in [6.07, 6.45) is 2.33. The topological polar surface area (TPSA) is 45.7 Å². The summed E-state index contributed by atoms with van der Waals surface area (Å²) < 4.78 is 5.66. The maximum atomic E-state index is 5.66. The minimum atomic E-state index is 0.623. The molecule has 0 saturated heterocycles. The number of aliphatic imine (C=N–C) groups is 1. The Kier molecular flexibility index (Phi) is 7.47. The van der Waals surface area contributed by atoms with Crippen LogP contribution in [0, 0.1) is 6.92 Å². The van der Waals surface area contributed by atoms with Crippen LogP contribution in [0.2, 0.25) is 0 Å². The number of nitrogens with one attached hydrogen (secondary N) is 2. The van der Waals surface area contributed by atoms with Crippen molar-refractivity contribution in [3.8, 4) is 5.75 Å². The molecule has 0 fully saturated rings. The largest absolute Gasteiger partial charge is 0.492 e. The first-order valence-corrected chi connectivity index (χ1v) is 6.90. The molecule has 0 heterocycles. The molecule has 0 aliphatic rings. The van der Waals surface area contributed by atoms with Crippen molar-refractivity contribution in [1.82, 2.24) is 10.6 Å². The van der Waals surface area contributed by atoms with Gasteiger partial charge in [0.25, 0.3) is 0 Å². The molecule has 0 atom stereocenters. The number of hydrogen-bond donors (Lipinski definition) is 2. The van der Waals surface area contributed by atoms with E-state index in [0.29, 0.717) is 6.61 Å². The number of nitrogens with zero attached hydrogens (tertiary/aromatic N) is 1. The minimum Gasteiger partial charge on any atom is -0.492 e. The lowest BCUT2D eigenvalue weighted by Gasteiger charge is -2.12. The number of guanidine groups is 1. The Hall–Kier alpha value is -1.71. The molecule has 1 aromatic carbocycles. The number of benzene rings is 1. The van der Waals surface area contributed by atoms with Gasteiger partial charge < -0.3 is 15.4 Å². The van der Waals surface area contributed by atoms with E-state index in [-0.39, 0.29) is 0 Å². The van der Waals surface area contributed by atoms with E-state index in [1.807, 2.05) is 18.2 Å². The summed E-state index contributed by atoms with van der Waals surface area (Å²) in [5, 5.41) is 6.49. The highest BCUT2D eigenvalue weighted by atomic mass is 16.5. The van der Waals surface area contributed by atoms with Gasteiger partial charge in [-0.3, -0.25) is 4.99 Å². The molecular formula is C15H25N3O. The van der Waals surface area contributed by atoms with E-state index in [0.717, 1.165) is 31.2 Å². The summed E-state index contributed by atoms with van der Waals surface area (Å²) in [4.78, 5) is 4.16. The van der Waals surface area contributed by atoms with Gasteiger partial charge in [0.05, 0.1) is 6.54 Å². The molecule has 0 aliphatic heterocycles. The highest BCUT2D eigenvalue weighted by Gasteiger charge is 1.97. The van der Waals surface area contributed by atoms with Crippen molar-refractivity contribution in [2.45, 2.75) is 26.7 Å². The molecule has 0 radical (unpaired) electrons. The predicted octanol–water partition coefficient (Wildman–Crippen LogP) is 2.34. The summed E-state index contributed by atoms with van der Waals surface area (Å²) >= 11 is 0. The van der Waals surface area contributed by atoms with Crippen LogP contribution in [-0.2, 0) is 0 Å². The first-order valence-electron chi connectivity index (χ1n) is 6.90. The molecule has 4 nitrogen and oxygen atoms in total. The molecule has 0 saturated carbocycles. The maximum absolute atomic E-state index is 5.66. The molecule has 4 heteroatoms. The number of unbranched alkanes of at least 4 members (excludes halogenated alkanes) is 1. The predicted molar refractivity (Wildman–Crippen MR) is 80.9 cm³/mol. The summed E-state index contributed by atoms with van der Waals surface area (Å²) in [5.41, 5.74) is 1.21. The minimum absolute atomic E-state index is 0.623. The van der Waals surface area contributed by atoms with E-state index in [2.05, 4.69) is 35.5 Å². The highest BCUT2D eigenvalue weighted by Crippen LogP contribution is 2.11.